The Bertz CT molecular complexity index is 1260. The number of hydrogen-bond donors (Lipinski definition) is 1. The summed E-state index contributed by atoms with van der Waals surface area (Å²) in [5.74, 6) is 0.273. The number of nitrogens with zero attached hydrogens (tertiary/aromatic N) is 1. The molecule has 3 aromatic rings. The summed E-state index contributed by atoms with van der Waals surface area (Å²) < 4.78 is 12.3. The van der Waals surface area contributed by atoms with Crippen molar-refractivity contribution in [1.82, 2.24) is 5.32 Å². The summed E-state index contributed by atoms with van der Waals surface area (Å²) in [5, 5.41) is 3.30. The van der Waals surface area contributed by atoms with Gasteiger partial charge >= 0.3 is 6.03 Å². The molecule has 1 heterocycles. The van der Waals surface area contributed by atoms with Crippen molar-refractivity contribution >= 4 is 62.8 Å². The first-order valence-electron chi connectivity index (χ1n) is 9.73. The fourth-order valence-electron chi connectivity index (χ4n) is 3.25. The van der Waals surface area contributed by atoms with Crippen molar-refractivity contribution in [3.8, 4) is 11.5 Å². The van der Waals surface area contributed by atoms with Crippen molar-refractivity contribution in [2.24, 2.45) is 0 Å². The molecule has 1 saturated heterocycles. The Morgan fingerprint density at radius 2 is 1.82 bits per heavy atom. The fraction of sp³-hybridized carbons (Fsp3) is 0.0833. The molecule has 0 saturated carbocycles. The zero-order valence-corrected chi connectivity index (χ0v) is 20.4. The zero-order chi connectivity index (χ0) is 23.5. The van der Waals surface area contributed by atoms with Crippen LogP contribution in [0.2, 0.25) is 10.0 Å². The molecule has 0 spiro atoms. The summed E-state index contributed by atoms with van der Waals surface area (Å²) in [6.07, 6.45) is 1.53. The van der Waals surface area contributed by atoms with Gasteiger partial charge in [-0.15, -0.1) is 0 Å². The topological polar surface area (TPSA) is 67.9 Å². The Morgan fingerprint density at radius 3 is 2.52 bits per heavy atom. The van der Waals surface area contributed by atoms with Crippen LogP contribution in [0.4, 0.5) is 10.5 Å². The third-order valence-electron chi connectivity index (χ3n) is 4.80. The average molecular weight is 548 g/mol. The lowest BCUT2D eigenvalue weighted by molar-refractivity contribution is -0.113. The van der Waals surface area contributed by atoms with Crippen molar-refractivity contribution in [2.75, 3.05) is 12.0 Å². The molecule has 168 valence electrons. The van der Waals surface area contributed by atoms with Crippen LogP contribution in [-0.2, 0) is 11.4 Å². The molecule has 0 unspecified atom stereocenters. The third kappa shape index (κ3) is 5.16. The molecular formula is C24H17BrCl2N2O4. The maximum absolute atomic E-state index is 12.9. The average Bonchev–Trinajstić information content (AvgIpc) is 3.06. The van der Waals surface area contributed by atoms with Crippen molar-refractivity contribution in [3.05, 3.63) is 92.0 Å². The summed E-state index contributed by atoms with van der Waals surface area (Å²) in [7, 11) is 1.50. The summed E-state index contributed by atoms with van der Waals surface area (Å²) in [6, 6.07) is 17.0. The molecule has 1 N–H and O–H groups in total. The number of nitrogens with one attached hydrogen (secondary N) is 1. The SMILES string of the molecule is COc1cc(/C=C2/NC(=O)N(c3cccc(Cl)c3)C2=O)cc(Cl)c1OCc1ccc(Br)cc1. The van der Waals surface area contributed by atoms with E-state index < -0.39 is 11.9 Å². The van der Waals surface area contributed by atoms with Crippen LogP contribution >= 0.6 is 39.1 Å². The number of carbonyl (C=O) groups is 2. The number of methoxy groups -OCH3 is 1. The second-order valence-electron chi connectivity index (χ2n) is 7.06. The second-order valence-corrected chi connectivity index (χ2v) is 8.82. The van der Waals surface area contributed by atoms with E-state index in [-0.39, 0.29) is 5.70 Å². The molecule has 0 aliphatic carbocycles. The highest BCUT2D eigenvalue weighted by Gasteiger charge is 2.35. The van der Waals surface area contributed by atoms with Gasteiger partial charge in [0.1, 0.15) is 12.3 Å². The first-order chi connectivity index (χ1) is 15.9. The predicted octanol–water partition coefficient (Wildman–Crippen LogP) is 6.44. The molecule has 1 aliphatic heterocycles. The minimum absolute atomic E-state index is 0.0987. The van der Waals surface area contributed by atoms with Crippen molar-refractivity contribution < 1.29 is 19.1 Å². The molecule has 0 aromatic heterocycles. The Morgan fingerprint density at radius 1 is 1.06 bits per heavy atom. The van der Waals surface area contributed by atoms with Crippen LogP contribution in [0.15, 0.2) is 70.8 Å². The third-order valence-corrected chi connectivity index (χ3v) is 5.85. The van der Waals surface area contributed by atoms with E-state index in [9.17, 15) is 9.59 Å². The van der Waals surface area contributed by atoms with E-state index >= 15 is 0 Å². The number of carbonyl (C=O) groups excluding carboxylic acids is 2. The monoisotopic (exact) mass is 546 g/mol. The first-order valence-corrected chi connectivity index (χ1v) is 11.3. The lowest BCUT2D eigenvalue weighted by Crippen LogP contribution is -2.30. The number of anilines is 1. The number of urea groups is 1. The molecule has 3 aromatic carbocycles. The number of rotatable bonds is 6. The van der Waals surface area contributed by atoms with Crippen LogP contribution < -0.4 is 19.7 Å². The Balaban J connectivity index is 1.58. The van der Waals surface area contributed by atoms with E-state index in [4.69, 9.17) is 32.7 Å². The molecule has 6 nitrogen and oxygen atoms in total. The van der Waals surface area contributed by atoms with Gasteiger partial charge in [0.05, 0.1) is 17.8 Å². The maximum atomic E-state index is 12.9. The van der Waals surface area contributed by atoms with Crippen LogP contribution in [0.5, 0.6) is 11.5 Å². The van der Waals surface area contributed by atoms with E-state index in [1.165, 1.54) is 13.2 Å². The highest BCUT2D eigenvalue weighted by molar-refractivity contribution is 9.10. The summed E-state index contributed by atoms with van der Waals surface area (Å²) >= 11 is 15.9. The van der Waals surface area contributed by atoms with Gasteiger partial charge in [-0.3, -0.25) is 4.79 Å². The van der Waals surface area contributed by atoms with E-state index in [0.29, 0.717) is 39.4 Å². The fourth-order valence-corrected chi connectivity index (χ4v) is 3.97. The van der Waals surface area contributed by atoms with Gasteiger partial charge in [0.25, 0.3) is 5.91 Å². The molecule has 0 bridgehead atoms. The number of halogens is 3. The summed E-state index contributed by atoms with van der Waals surface area (Å²) in [4.78, 5) is 26.3. The van der Waals surface area contributed by atoms with Gasteiger partial charge in [0.2, 0.25) is 0 Å². The normalized spacial score (nSPS) is 14.5. The quantitative estimate of drug-likeness (QED) is 0.285. The Labute approximate surface area is 208 Å². The van der Waals surface area contributed by atoms with Gasteiger partial charge in [-0.1, -0.05) is 57.3 Å². The van der Waals surface area contributed by atoms with Gasteiger partial charge in [-0.25, -0.2) is 9.69 Å². The number of amides is 3. The van der Waals surface area contributed by atoms with Crippen molar-refractivity contribution in [3.63, 3.8) is 0 Å². The van der Waals surface area contributed by atoms with Crippen LogP contribution in [0.3, 0.4) is 0 Å². The van der Waals surface area contributed by atoms with Crippen LogP contribution in [0.25, 0.3) is 6.08 Å². The molecule has 9 heteroatoms. The molecule has 1 fully saturated rings. The Hall–Kier alpha value is -3.00. The number of hydrogen-bond acceptors (Lipinski definition) is 4. The highest BCUT2D eigenvalue weighted by Crippen LogP contribution is 2.38. The van der Waals surface area contributed by atoms with Gasteiger partial charge in [-0.05, 0) is 59.7 Å². The standard InChI is InChI=1S/C24H17BrCl2N2O4/c1-32-21-11-15(9-19(27)22(21)33-13-14-5-7-16(25)8-6-14)10-20-23(30)29(24(31)28-20)18-4-2-3-17(26)12-18/h2-12H,13H2,1H3,(H,28,31)/b20-10+. The molecule has 1 aliphatic rings. The molecular weight excluding hydrogens is 531 g/mol. The molecule has 0 atom stereocenters. The molecule has 33 heavy (non-hydrogen) atoms. The minimum Gasteiger partial charge on any atom is -0.493 e. The van der Waals surface area contributed by atoms with Gasteiger partial charge < -0.3 is 14.8 Å². The first kappa shape index (κ1) is 23.2. The Kier molecular flexibility index (Phi) is 6.93. The van der Waals surface area contributed by atoms with Crippen LogP contribution in [0.1, 0.15) is 11.1 Å². The van der Waals surface area contributed by atoms with E-state index in [2.05, 4.69) is 21.2 Å². The number of ether oxygens (including phenoxy) is 2. The van der Waals surface area contributed by atoms with E-state index in [0.717, 1.165) is 14.9 Å². The highest BCUT2D eigenvalue weighted by atomic mass is 79.9. The van der Waals surface area contributed by atoms with Crippen molar-refractivity contribution in [2.45, 2.75) is 6.61 Å². The van der Waals surface area contributed by atoms with Crippen LogP contribution in [0, 0.1) is 0 Å². The zero-order valence-electron chi connectivity index (χ0n) is 17.3. The van der Waals surface area contributed by atoms with E-state index in [1.807, 2.05) is 24.3 Å². The molecule has 4 rings (SSSR count). The predicted molar refractivity (Wildman–Crippen MR) is 132 cm³/mol. The second kappa shape index (κ2) is 9.87. The molecule has 3 amide bonds. The maximum Gasteiger partial charge on any atom is 0.333 e. The van der Waals surface area contributed by atoms with E-state index in [1.54, 1.807) is 36.4 Å². The lowest BCUT2D eigenvalue weighted by atomic mass is 10.1. The van der Waals surface area contributed by atoms with Gasteiger partial charge in [0, 0.05) is 9.50 Å². The summed E-state index contributed by atoms with van der Waals surface area (Å²) in [5.41, 5.74) is 2.00. The number of benzene rings is 3. The smallest absolute Gasteiger partial charge is 0.333 e. The van der Waals surface area contributed by atoms with Crippen molar-refractivity contribution in [1.29, 1.82) is 0 Å². The minimum atomic E-state index is -0.568. The lowest BCUT2D eigenvalue weighted by Gasteiger charge is -2.14. The van der Waals surface area contributed by atoms with Gasteiger partial charge in [0.15, 0.2) is 11.5 Å². The summed E-state index contributed by atoms with van der Waals surface area (Å²) in [6.45, 7) is 0.299. The van der Waals surface area contributed by atoms with Crippen LogP contribution in [-0.4, -0.2) is 19.0 Å². The largest absolute Gasteiger partial charge is 0.493 e. The molecule has 0 radical (unpaired) electrons. The number of imide groups is 1. The van der Waals surface area contributed by atoms with Gasteiger partial charge in [-0.2, -0.15) is 0 Å².